The van der Waals surface area contributed by atoms with E-state index in [1.807, 2.05) is 30.3 Å². The number of halogens is 1. The lowest BCUT2D eigenvalue weighted by Crippen LogP contribution is -2.46. The molecule has 0 spiro atoms. The average molecular weight is 429 g/mol. The fraction of sp³-hybridized carbons (Fsp3) is 0.0800. The minimum absolute atomic E-state index is 0.0754. The van der Waals surface area contributed by atoms with Crippen molar-refractivity contribution >= 4 is 28.6 Å². The predicted molar refractivity (Wildman–Crippen MR) is 121 cm³/mol. The summed E-state index contributed by atoms with van der Waals surface area (Å²) in [6.07, 6.45) is -0.768. The molecule has 4 rings (SSSR count). The van der Waals surface area contributed by atoms with Crippen LogP contribution in [0.15, 0.2) is 78.9 Å². The summed E-state index contributed by atoms with van der Waals surface area (Å²) in [7, 11) is 1.22. The quantitative estimate of drug-likeness (QED) is 0.451. The van der Waals surface area contributed by atoms with Crippen molar-refractivity contribution in [3.63, 3.8) is 0 Å². The average Bonchev–Trinajstić information content (AvgIpc) is 2.83. The number of carbonyl (C=O) groups excluding carboxylic acids is 2. The van der Waals surface area contributed by atoms with Crippen molar-refractivity contribution in [1.82, 2.24) is 10.4 Å². The SMILES string of the molecule is COC(=O)N(NC(=O)c1c(C)c(-c2ccccc2)nc2c(F)cccc12)c1ccccc1. The zero-order chi connectivity index (χ0) is 22.7. The van der Waals surface area contributed by atoms with Gasteiger partial charge in [-0.05, 0) is 30.7 Å². The molecular weight excluding hydrogens is 409 g/mol. The fourth-order valence-corrected chi connectivity index (χ4v) is 3.56. The molecule has 0 saturated heterocycles. The summed E-state index contributed by atoms with van der Waals surface area (Å²) in [5, 5.41) is 1.35. The molecule has 4 aromatic rings. The van der Waals surface area contributed by atoms with Crippen LogP contribution in [-0.2, 0) is 4.74 Å². The molecule has 0 fully saturated rings. The summed E-state index contributed by atoms with van der Waals surface area (Å²) in [4.78, 5) is 30.4. The summed E-state index contributed by atoms with van der Waals surface area (Å²) in [5.74, 6) is -1.13. The van der Waals surface area contributed by atoms with Gasteiger partial charge in [-0.2, -0.15) is 5.01 Å². The van der Waals surface area contributed by atoms with Crippen molar-refractivity contribution in [3.8, 4) is 11.3 Å². The van der Waals surface area contributed by atoms with Crippen LogP contribution >= 0.6 is 0 Å². The largest absolute Gasteiger partial charge is 0.451 e. The van der Waals surface area contributed by atoms with Crippen LogP contribution in [0, 0.1) is 12.7 Å². The van der Waals surface area contributed by atoms with Crippen molar-refractivity contribution in [1.29, 1.82) is 0 Å². The molecule has 1 aromatic heterocycles. The van der Waals surface area contributed by atoms with Gasteiger partial charge in [0.25, 0.3) is 5.91 Å². The number of rotatable bonds is 3. The van der Waals surface area contributed by atoms with Crippen LogP contribution < -0.4 is 10.4 Å². The number of amides is 2. The highest BCUT2D eigenvalue weighted by molar-refractivity contribution is 6.10. The van der Waals surface area contributed by atoms with Crippen molar-refractivity contribution in [2.75, 3.05) is 12.1 Å². The number of nitrogens with one attached hydrogen (secondary N) is 1. The van der Waals surface area contributed by atoms with E-state index in [0.29, 0.717) is 22.3 Å². The Balaban J connectivity index is 1.87. The first-order valence-electron chi connectivity index (χ1n) is 9.89. The third-order valence-electron chi connectivity index (χ3n) is 5.07. The van der Waals surface area contributed by atoms with Gasteiger partial charge in [-0.25, -0.2) is 14.2 Å². The molecule has 7 heteroatoms. The second-order valence-corrected chi connectivity index (χ2v) is 7.04. The van der Waals surface area contributed by atoms with E-state index in [1.165, 1.54) is 19.2 Å². The molecule has 1 heterocycles. The second-order valence-electron chi connectivity index (χ2n) is 7.04. The molecule has 0 atom stereocenters. The number of pyridine rings is 1. The van der Waals surface area contributed by atoms with Crippen LogP contribution in [0.1, 0.15) is 15.9 Å². The summed E-state index contributed by atoms with van der Waals surface area (Å²) < 4.78 is 19.5. The fourth-order valence-electron chi connectivity index (χ4n) is 3.56. The van der Waals surface area contributed by atoms with Crippen LogP contribution in [0.5, 0.6) is 0 Å². The number of hydrogen-bond acceptors (Lipinski definition) is 4. The van der Waals surface area contributed by atoms with Crippen molar-refractivity contribution < 1.29 is 18.7 Å². The minimum atomic E-state index is -0.768. The maximum Gasteiger partial charge on any atom is 0.433 e. The number of carbonyl (C=O) groups is 2. The van der Waals surface area contributed by atoms with E-state index >= 15 is 0 Å². The molecule has 3 aromatic carbocycles. The first kappa shape index (κ1) is 21.0. The molecule has 6 nitrogen and oxygen atoms in total. The molecule has 0 unspecified atom stereocenters. The van der Waals surface area contributed by atoms with E-state index in [-0.39, 0.29) is 11.1 Å². The third kappa shape index (κ3) is 3.88. The first-order chi connectivity index (χ1) is 15.5. The van der Waals surface area contributed by atoms with Gasteiger partial charge in [0.15, 0.2) is 0 Å². The molecule has 160 valence electrons. The lowest BCUT2D eigenvalue weighted by molar-refractivity contribution is 0.0942. The number of fused-ring (bicyclic) bond motifs is 1. The number of hydrogen-bond donors (Lipinski definition) is 1. The number of methoxy groups -OCH3 is 1. The van der Waals surface area contributed by atoms with E-state index in [1.54, 1.807) is 43.3 Å². The molecule has 0 aliphatic carbocycles. The summed E-state index contributed by atoms with van der Waals surface area (Å²) in [6.45, 7) is 1.75. The molecule has 0 saturated carbocycles. The van der Waals surface area contributed by atoms with Crippen molar-refractivity contribution in [3.05, 3.63) is 95.8 Å². The van der Waals surface area contributed by atoms with Gasteiger partial charge in [-0.3, -0.25) is 10.2 Å². The van der Waals surface area contributed by atoms with Gasteiger partial charge in [0, 0.05) is 10.9 Å². The topological polar surface area (TPSA) is 71.5 Å². The van der Waals surface area contributed by atoms with Gasteiger partial charge >= 0.3 is 6.09 Å². The minimum Gasteiger partial charge on any atom is -0.451 e. The number of ether oxygens (including phenoxy) is 1. The third-order valence-corrected chi connectivity index (χ3v) is 5.07. The lowest BCUT2D eigenvalue weighted by Gasteiger charge is -2.23. The van der Waals surface area contributed by atoms with E-state index in [0.717, 1.165) is 10.6 Å². The Morgan fingerprint density at radius 3 is 2.25 bits per heavy atom. The molecule has 0 aliphatic rings. The highest BCUT2D eigenvalue weighted by atomic mass is 19.1. The van der Waals surface area contributed by atoms with Gasteiger partial charge in [0.05, 0.1) is 24.1 Å². The van der Waals surface area contributed by atoms with Crippen LogP contribution in [-0.4, -0.2) is 24.1 Å². The number of para-hydroxylation sites is 2. The normalized spacial score (nSPS) is 10.6. The monoisotopic (exact) mass is 429 g/mol. The Kier molecular flexibility index (Phi) is 5.81. The van der Waals surface area contributed by atoms with Gasteiger partial charge in [-0.1, -0.05) is 60.7 Å². The standard InChI is InChI=1S/C25H20FN3O3/c1-16-21(24(30)28-29(25(31)32-2)18-12-7-4-8-13-18)19-14-9-15-20(26)23(19)27-22(16)17-10-5-3-6-11-17/h3-15H,1-2H3,(H,28,30). The molecule has 0 aliphatic heterocycles. The number of aromatic nitrogens is 1. The zero-order valence-electron chi connectivity index (χ0n) is 17.5. The summed E-state index contributed by atoms with van der Waals surface area (Å²) in [6, 6.07) is 22.2. The van der Waals surface area contributed by atoms with Crippen molar-refractivity contribution in [2.24, 2.45) is 0 Å². The Morgan fingerprint density at radius 1 is 0.938 bits per heavy atom. The Hall–Kier alpha value is -4.26. The number of benzene rings is 3. The molecule has 0 radical (unpaired) electrons. The van der Waals surface area contributed by atoms with Crippen LogP contribution in [0.25, 0.3) is 22.2 Å². The summed E-state index contributed by atoms with van der Waals surface area (Å²) in [5.41, 5.74) is 5.10. The second kappa shape index (κ2) is 8.85. The zero-order valence-corrected chi connectivity index (χ0v) is 17.5. The molecule has 2 amide bonds. The van der Waals surface area contributed by atoms with Gasteiger partial charge < -0.3 is 4.74 Å². The van der Waals surface area contributed by atoms with Gasteiger partial charge in [-0.15, -0.1) is 0 Å². The highest BCUT2D eigenvalue weighted by Gasteiger charge is 2.25. The van der Waals surface area contributed by atoms with Crippen LogP contribution in [0.3, 0.4) is 0 Å². The van der Waals surface area contributed by atoms with E-state index < -0.39 is 17.8 Å². The number of hydrazine groups is 1. The highest BCUT2D eigenvalue weighted by Crippen LogP contribution is 2.31. The molecule has 1 N–H and O–H groups in total. The molecule has 0 bridgehead atoms. The summed E-state index contributed by atoms with van der Waals surface area (Å²) >= 11 is 0. The van der Waals surface area contributed by atoms with Crippen LogP contribution in [0.2, 0.25) is 0 Å². The number of anilines is 1. The van der Waals surface area contributed by atoms with Gasteiger partial charge in [0.2, 0.25) is 0 Å². The van der Waals surface area contributed by atoms with Gasteiger partial charge in [0.1, 0.15) is 11.3 Å². The maximum absolute atomic E-state index is 14.7. The Labute approximate surface area is 184 Å². The lowest BCUT2D eigenvalue weighted by atomic mass is 9.97. The van der Waals surface area contributed by atoms with Crippen molar-refractivity contribution in [2.45, 2.75) is 6.92 Å². The Bertz CT molecular complexity index is 1290. The Morgan fingerprint density at radius 2 is 1.59 bits per heavy atom. The smallest absolute Gasteiger partial charge is 0.433 e. The van der Waals surface area contributed by atoms with Crippen LogP contribution in [0.4, 0.5) is 14.9 Å². The first-order valence-corrected chi connectivity index (χ1v) is 9.89. The molecule has 32 heavy (non-hydrogen) atoms. The van der Waals surface area contributed by atoms with E-state index in [9.17, 15) is 14.0 Å². The van der Waals surface area contributed by atoms with E-state index in [4.69, 9.17) is 4.74 Å². The number of nitrogens with zero attached hydrogens (tertiary/aromatic N) is 2. The maximum atomic E-state index is 14.7. The molecular formula is C25H20FN3O3. The predicted octanol–water partition coefficient (Wildman–Crippen LogP) is 5.27. The van der Waals surface area contributed by atoms with E-state index in [2.05, 4.69) is 10.4 Å².